The normalized spacial score (nSPS) is 12.0. The molecule has 8 heteroatoms. The van der Waals surface area contributed by atoms with Crippen molar-refractivity contribution in [1.29, 1.82) is 0 Å². The van der Waals surface area contributed by atoms with Gasteiger partial charge in [-0.15, -0.1) is 0 Å². The van der Waals surface area contributed by atoms with E-state index in [1.165, 1.54) is 6.07 Å². The third-order valence-electron chi connectivity index (χ3n) is 3.30. The molecule has 0 bridgehead atoms. The molecule has 0 saturated carbocycles. The first-order valence-electron chi connectivity index (χ1n) is 7.08. The van der Waals surface area contributed by atoms with Crippen LogP contribution < -0.4 is 10.1 Å². The van der Waals surface area contributed by atoms with Crippen molar-refractivity contribution in [2.75, 3.05) is 11.9 Å². The fourth-order valence-corrected chi connectivity index (χ4v) is 2.18. The highest BCUT2D eigenvalue weighted by Gasteiger charge is 2.19. The van der Waals surface area contributed by atoms with E-state index in [2.05, 4.69) is 10.1 Å². The van der Waals surface area contributed by atoms with Gasteiger partial charge in [-0.3, -0.25) is 10.1 Å². The van der Waals surface area contributed by atoms with Crippen molar-refractivity contribution in [3.63, 3.8) is 0 Å². The minimum absolute atomic E-state index is 0.107. The average molecular weight is 338 g/mol. The highest BCUT2D eigenvalue weighted by Crippen LogP contribution is 2.31. The maximum atomic E-state index is 12.4. The van der Waals surface area contributed by atoms with Crippen molar-refractivity contribution in [1.82, 2.24) is 0 Å². The molecule has 0 aliphatic carbocycles. The van der Waals surface area contributed by atoms with Crippen molar-refractivity contribution in [3.8, 4) is 5.75 Å². The monoisotopic (exact) mass is 338 g/mol. The van der Waals surface area contributed by atoms with E-state index in [0.717, 1.165) is 17.7 Å². The molecule has 24 heavy (non-hydrogen) atoms. The van der Waals surface area contributed by atoms with E-state index in [1.54, 1.807) is 6.07 Å². The molecule has 0 aliphatic rings. The lowest BCUT2D eigenvalue weighted by atomic mass is 10.1. The number of alkyl halides is 2. The Morgan fingerprint density at radius 1 is 1.29 bits per heavy atom. The van der Waals surface area contributed by atoms with Gasteiger partial charge in [-0.25, -0.2) is 0 Å². The molecule has 0 aromatic heterocycles. The number of halogens is 2. The maximum absolute atomic E-state index is 12.4. The van der Waals surface area contributed by atoms with Crippen molar-refractivity contribution >= 4 is 11.4 Å². The lowest BCUT2D eigenvalue weighted by Crippen LogP contribution is -2.12. The molecule has 0 heterocycles. The smallest absolute Gasteiger partial charge is 0.387 e. The number of rotatable bonds is 7. The topological polar surface area (TPSA) is 84.6 Å². The molecule has 2 aromatic rings. The maximum Gasteiger partial charge on any atom is 0.387 e. The summed E-state index contributed by atoms with van der Waals surface area (Å²) in [7, 11) is 0. The second kappa shape index (κ2) is 7.69. The number of anilines is 1. The molecule has 1 atom stereocenters. The Kier molecular flexibility index (Phi) is 5.64. The summed E-state index contributed by atoms with van der Waals surface area (Å²) in [5, 5.41) is 23.8. The summed E-state index contributed by atoms with van der Waals surface area (Å²) in [5.74, 6) is -0.537. The summed E-state index contributed by atoms with van der Waals surface area (Å²) >= 11 is 0. The molecule has 0 saturated heterocycles. The number of aryl methyl sites for hydroxylation is 1. The minimum Gasteiger partial charge on any atom is -0.427 e. The number of aliphatic hydroxyl groups excluding tert-OH is 1. The van der Waals surface area contributed by atoms with Gasteiger partial charge in [0.05, 0.1) is 11.0 Å². The standard InChI is InChI=1S/C16H16F2N2O4/c1-10-3-2-4-11(7-10)14(21)9-19-12-5-6-13(20(22)23)15(8-12)24-16(17)18/h2-8,14,16,19,21H,9H2,1H3. The van der Waals surface area contributed by atoms with Crippen LogP contribution in [0.5, 0.6) is 5.75 Å². The zero-order valence-corrected chi connectivity index (χ0v) is 12.8. The van der Waals surface area contributed by atoms with Gasteiger partial charge in [0.2, 0.25) is 5.75 Å². The molecule has 0 aliphatic heterocycles. The van der Waals surface area contributed by atoms with E-state index in [9.17, 15) is 24.0 Å². The number of ether oxygens (including phenoxy) is 1. The summed E-state index contributed by atoms with van der Waals surface area (Å²) in [6, 6.07) is 10.8. The van der Waals surface area contributed by atoms with Crippen LogP contribution in [-0.2, 0) is 0 Å². The zero-order valence-electron chi connectivity index (χ0n) is 12.8. The Balaban J connectivity index is 2.10. The number of aliphatic hydroxyl groups is 1. The second-order valence-electron chi connectivity index (χ2n) is 5.13. The van der Waals surface area contributed by atoms with Gasteiger partial charge in [0.15, 0.2) is 0 Å². The van der Waals surface area contributed by atoms with Crippen LogP contribution in [0.1, 0.15) is 17.2 Å². The number of hydrogen-bond acceptors (Lipinski definition) is 5. The van der Waals surface area contributed by atoms with Crippen molar-refractivity contribution < 1.29 is 23.5 Å². The predicted octanol–water partition coefficient (Wildman–Crippen LogP) is 3.65. The molecule has 128 valence electrons. The lowest BCUT2D eigenvalue weighted by Gasteiger charge is -2.14. The minimum atomic E-state index is -3.17. The summed E-state index contributed by atoms with van der Waals surface area (Å²) in [6.07, 6.45) is -0.820. The Morgan fingerprint density at radius 2 is 2.04 bits per heavy atom. The van der Waals surface area contributed by atoms with E-state index < -0.39 is 29.1 Å². The molecule has 0 amide bonds. The Morgan fingerprint density at radius 3 is 2.67 bits per heavy atom. The summed E-state index contributed by atoms with van der Waals surface area (Å²) in [4.78, 5) is 10.0. The van der Waals surface area contributed by atoms with Crippen LogP contribution in [0.2, 0.25) is 0 Å². The third kappa shape index (κ3) is 4.63. The largest absolute Gasteiger partial charge is 0.427 e. The van der Waals surface area contributed by atoms with E-state index in [-0.39, 0.29) is 6.54 Å². The van der Waals surface area contributed by atoms with Crippen LogP contribution in [-0.4, -0.2) is 23.2 Å². The molecular weight excluding hydrogens is 322 g/mol. The van der Waals surface area contributed by atoms with Gasteiger partial charge in [0.25, 0.3) is 0 Å². The summed E-state index contributed by atoms with van der Waals surface area (Å²) in [6.45, 7) is -1.17. The Hall–Kier alpha value is -2.74. The van der Waals surface area contributed by atoms with Crippen LogP contribution >= 0.6 is 0 Å². The lowest BCUT2D eigenvalue weighted by molar-refractivity contribution is -0.386. The molecule has 2 N–H and O–H groups in total. The molecule has 0 radical (unpaired) electrons. The molecule has 2 rings (SSSR count). The Labute approximate surface area is 136 Å². The summed E-state index contributed by atoms with van der Waals surface area (Å²) < 4.78 is 28.9. The van der Waals surface area contributed by atoms with Gasteiger partial charge < -0.3 is 15.2 Å². The van der Waals surface area contributed by atoms with Crippen LogP contribution in [0, 0.1) is 17.0 Å². The SMILES string of the molecule is Cc1cccc(C(O)CNc2ccc([N+](=O)[O-])c(OC(F)F)c2)c1. The van der Waals surface area contributed by atoms with E-state index >= 15 is 0 Å². The van der Waals surface area contributed by atoms with E-state index in [1.807, 2.05) is 25.1 Å². The molecule has 2 aromatic carbocycles. The van der Waals surface area contributed by atoms with Crippen molar-refractivity contribution in [2.24, 2.45) is 0 Å². The van der Waals surface area contributed by atoms with Crippen LogP contribution in [0.15, 0.2) is 42.5 Å². The average Bonchev–Trinajstić information content (AvgIpc) is 2.52. The van der Waals surface area contributed by atoms with E-state index in [4.69, 9.17) is 0 Å². The van der Waals surface area contributed by atoms with Gasteiger partial charge in [-0.2, -0.15) is 8.78 Å². The number of nitrogens with zero attached hydrogens (tertiary/aromatic N) is 1. The van der Waals surface area contributed by atoms with Crippen LogP contribution in [0.4, 0.5) is 20.2 Å². The van der Waals surface area contributed by atoms with Crippen LogP contribution in [0.25, 0.3) is 0 Å². The number of nitrogens with one attached hydrogen (secondary N) is 1. The van der Waals surface area contributed by atoms with Crippen LogP contribution in [0.3, 0.4) is 0 Å². The van der Waals surface area contributed by atoms with Crippen molar-refractivity contribution in [3.05, 3.63) is 63.7 Å². The quantitative estimate of drug-likeness (QED) is 0.595. The first-order valence-corrected chi connectivity index (χ1v) is 7.08. The third-order valence-corrected chi connectivity index (χ3v) is 3.30. The zero-order chi connectivity index (χ0) is 17.7. The van der Waals surface area contributed by atoms with E-state index in [0.29, 0.717) is 11.3 Å². The fourth-order valence-electron chi connectivity index (χ4n) is 2.18. The van der Waals surface area contributed by atoms with Crippen molar-refractivity contribution in [2.45, 2.75) is 19.6 Å². The molecule has 0 spiro atoms. The van der Waals surface area contributed by atoms with Gasteiger partial charge in [0.1, 0.15) is 0 Å². The molecule has 6 nitrogen and oxygen atoms in total. The van der Waals surface area contributed by atoms with Gasteiger partial charge in [-0.1, -0.05) is 29.8 Å². The highest BCUT2D eigenvalue weighted by atomic mass is 19.3. The Bertz CT molecular complexity index is 725. The first-order chi connectivity index (χ1) is 11.4. The number of benzene rings is 2. The number of nitro groups is 1. The molecular formula is C16H16F2N2O4. The highest BCUT2D eigenvalue weighted by molar-refractivity contribution is 5.58. The first kappa shape index (κ1) is 17.6. The number of nitro benzene ring substituents is 1. The van der Waals surface area contributed by atoms with Gasteiger partial charge >= 0.3 is 12.3 Å². The molecule has 1 unspecified atom stereocenters. The fraction of sp³-hybridized carbons (Fsp3) is 0.250. The second-order valence-corrected chi connectivity index (χ2v) is 5.13. The van der Waals surface area contributed by atoms with Gasteiger partial charge in [0, 0.05) is 24.4 Å². The summed E-state index contributed by atoms with van der Waals surface area (Å²) in [5.41, 5.74) is 1.46. The molecule has 0 fully saturated rings. The van der Waals surface area contributed by atoms with Gasteiger partial charge in [-0.05, 0) is 18.6 Å². The predicted molar refractivity (Wildman–Crippen MR) is 84.4 cm³/mol. The number of hydrogen-bond donors (Lipinski definition) is 2.